The van der Waals surface area contributed by atoms with E-state index in [9.17, 15) is 4.79 Å². The molecule has 2 aromatic rings. The number of aromatic nitrogens is 1. The molecule has 0 spiro atoms. The first-order valence-electron chi connectivity index (χ1n) is 9.42. The molecule has 0 bridgehead atoms. The zero-order valence-electron chi connectivity index (χ0n) is 15.0. The van der Waals surface area contributed by atoms with Crippen molar-refractivity contribution >= 4 is 23.3 Å². The summed E-state index contributed by atoms with van der Waals surface area (Å²) >= 11 is 0. The third-order valence-corrected chi connectivity index (χ3v) is 4.63. The highest BCUT2D eigenvalue weighted by molar-refractivity contribution is 5.85. The van der Waals surface area contributed by atoms with E-state index in [1.807, 2.05) is 18.2 Å². The van der Waals surface area contributed by atoms with Gasteiger partial charge in [0.05, 0.1) is 0 Å². The highest BCUT2D eigenvalue weighted by Gasteiger charge is 2.02. The first kappa shape index (κ1) is 20.8. The largest absolute Gasteiger partial charge is 0.322 e. The van der Waals surface area contributed by atoms with E-state index in [1.54, 1.807) is 0 Å². The van der Waals surface area contributed by atoms with Gasteiger partial charge in [-0.2, -0.15) is 0 Å². The number of hydrogen-bond acceptors (Lipinski definition) is 1. The quantitative estimate of drug-likeness (QED) is 0.467. The molecule has 0 saturated heterocycles. The molecule has 0 aliphatic rings. The standard InChI is InChI=1S/C21H31NO.ClH/c1-2-3-4-5-6-7-8-9-10-11-15-19-17-18-14-12-13-16-20(18)22-21(19)23;/h12-14,16-17H,2-11,15H2,1H3,(H,22,23);1H. The first-order chi connectivity index (χ1) is 11.3. The zero-order valence-corrected chi connectivity index (χ0v) is 15.8. The lowest BCUT2D eigenvalue weighted by Gasteiger charge is -2.04. The Morgan fingerprint density at radius 3 is 2.08 bits per heavy atom. The van der Waals surface area contributed by atoms with Gasteiger partial charge in [0.2, 0.25) is 0 Å². The number of nitrogens with one attached hydrogen (secondary N) is 1. The number of unbranched alkanes of at least 4 members (excludes halogenated alkanes) is 9. The second-order valence-electron chi connectivity index (χ2n) is 6.64. The number of fused-ring (bicyclic) bond motifs is 1. The van der Waals surface area contributed by atoms with Crippen molar-refractivity contribution in [1.82, 2.24) is 4.98 Å². The summed E-state index contributed by atoms with van der Waals surface area (Å²) in [6.45, 7) is 2.26. The van der Waals surface area contributed by atoms with E-state index in [0.717, 1.165) is 29.3 Å². The Kier molecular flexibility index (Phi) is 10.5. The highest BCUT2D eigenvalue weighted by atomic mass is 35.5. The fourth-order valence-electron chi connectivity index (χ4n) is 3.18. The number of pyridine rings is 1. The molecule has 0 radical (unpaired) electrons. The number of para-hydroxylation sites is 1. The lowest BCUT2D eigenvalue weighted by Crippen LogP contribution is -2.12. The van der Waals surface area contributed by atoms with E-state index in [-0.39, 0.29) is 18.0 Å². The predicted octanol–water partition coefficient (Wildman–Crippen LogP) is 6.41. The Balaban J connectivity index is 0.00000288. The van der Waals surface area contributed by atoms with Gasteiger partial charge in [-0.05, 0) is 30.4 Å². The lowest BCUT2D eigenvalue weighted by molar-refractivity contribution is 0.556. The second-order valence-corrected chi connectivity index (χ2v) is 6.64. The van der Waals surface area contributed by atoms with Crippen LogP contribution in [0.5, 0.6) is 0 Å². The smallest absolute Gasteiger partial charge is 0.251 e. The van der Waals surface area contributed by atoms with E-state index >= 15 is 0 Å². The summed E-state index contributed by atoms with van der Waals surface area (Å²) in [7, 11) is 0. The van der Waals surface area contributed by atoms with Gasteiger partial charge < -0.3 is 4.98 Å². The van der Waals surface area contributed by atoms with Gasteiger partial charge in [-0.15, -0.1) is 12.4 Å². The van der Waals surface area contributed by atoms with E-state index in [4.69, 9.17) is 0 Å². The first-order valence-corrected chi connectivity index (χ1v) is 9.42. The van der Waals surface area contributed by atoms with Crippen LogP contribution in [0.4, 0.5) is 0 Å². The topological polar surface area (TPSA) is 32.9 Å². The Bertz CT molecular complexity index is 635. The second kappa shape index (κ2) is 12.1. The average Bonchev–Trinajstić information content (AvgIpc) is 2.57. The molecule has 0 fully saturated rings. The maximum atomic E-state index is 12.1. The van der Waals surface area contributed by atoms with Crippen LogP contribution in [-0.2, 0) is 6.42 Å². The van der Waals surface area contributed by atoms with Crippen molar-refractivity contribution in [2.75, 3.05) is 0 Å². The third kappa shape index (κ3) is 7.09. The van der Waals surface area contributed by atoms with Crippen molar-refractivity contribution in [3.63, 3.8) is 0 Å². The number of aromatic amines is 1. The Morgan fingerprint density at radius 2 is 1.42 bits per heavy atom. The molecule has 3 heteroatoms. The van der Waals surface area contributed by atoms with Crippen molar-refractivity contribution < 1.29 is 0 Å². The van der Waals surface area contributed by atoms with Gasteiger partial charge >= 0.3 is 0 Å². The summed E-state index contributed by atoms with van der Waals surface area (Å²) in [5.74, 6) is 0. The van der Waals surface area contributed by atoms with Crippen molar-refractivity contribution in [1.29, 1.82) is 0 Å². The lowest BCUT2D eigenvalue weighted by atomic mass is 10.0. The van der Waals surface area contributed by atoms with Crippen LogP contribution in [0.2, 0.25) is 0 Å². The number of H-pyrrole nitrogens is 1. The minimum atomic E-state index is 0. The average molecular weight is 350 g/mol. The maximum Gasteiger partial charge on any atom is 0.251 e. The summed E-state index contributed by atoms with van der Waals surface area (Å²) in [6, 6.07) is 10.1. The molecule has 24 heavy (non-hydrogen) atoms. The van der Waals surface area contributed by atoms with Gasteiger partial charge in [-0.1, -0.05) is 82.9 Å². The molecular weight excluding hydrogens is 318 g/mol. The molecule has 1 heterocycles. The van der Waals surface area contributed by atoms with Gasteiger partial charge in [-0.25, -0.2) is 0 Å². The normalized spacial score (nSPS) is 10.7. The van der Waals surface area contributed by atoms with Crippen LogP contribution in [-0.4, -0.2) is 4.98 Å². The van der Waals surface area contributed by atoms with Crippen molar-refractivity contribution in [3.8, 4) is 0 Å². The molecule has 0 aliphatic carbocycles. The number of halogens is 1. The molecule has 0 atom stereocenters. The molecular formula is C21H32ClNO. The Morgan fingerprint density at radius 1 is 0.833 bits per heavy atom. The summed E-state index contributed by atoms with van der Waals surface area (Å²) in [5.41, 5.74) is 1.95. The SMILES string of the molecule is CCCCCCCCCCCCc1cc2ccccc2[nH]c1=O.Cl. The van der Waals surface area contributed by atoms with Crippen LogP contribution in [0.15, 0.2) is 35.1 Å². The predicted molar refractivity (Wildman–Crippen MR) is 107 cm³/mol. The summed E-state index contributed by atoms with van der Waals surface area (Å²) < 4.78 is 0. The molecule has 2 rings (SSSR count). The Hall–Kier alpha value is -1.28. The summed E-state index contributed by atoms with van der Waals surface area (Å²) in [6.07, 6.45) is 14.2. The minimum Gasteiger partial charge on any atom is -0.322 e. The molecule has 2 nitrogen and oxygen atoms in total. The van der Waals surface area contributed by atoms with E-state index in [0.29, 0.717) is 0 Å². The number of benzene rings is 1. The fourth-order valence-corrected chi connectivity index (χ4v) is 3.18. The van der Waals surface area contributed by atoms with Crippen LogP contribution in [0.1, 0.15) is 76.7 Å². The van der Waals surface area contributed by atoms with Gasteiger partial charge in [-0.3, -0.25) is 4.79 Å². The van der Waals surface area contributed by atoms with E-state index in [2.05, 4.69) is 24.0 Å². The minimum absolute atomic E-state index is 0. The number of rotatable bonds is 11. The Labute approximate surface area is 152 Å². The zero-order chi connectivity index (χ0) is 16.3. The summed E-state index contributed by atoms with van der Waals surface area (Å²) in [4.78, 5) is 15.1. The van der Waals surface area contributed by atoms with Gasteiger partial charge in [0.25, 0.3) is 5.56 Å². The van der Waals surface area contributed by atoms with Crippen molar-refractivity contribution in [2.45, 2.75) is 77.6 Å². The molecule has 1 aromatic carbocycles. The molecule has 0 unspecified atom stereocenters. The van der Waals surface area contributed by atoms with Gasteiger partial charge in [0, 0.05) is 11.1 Å². The third-order valence-electron chi connectivity index (χ3n) is 4.63. The molecule has 0 aliphatic heterocycles. The molecule has 0 amide bonds. The van der Waals surface area contributed by atoms with Crippen LogP contribution >= 0.6 is 12.4 Å². The van der Waals surface area contributed by atoms with Crippen LogP contribution < -0.4 is 5.56 Å². The van der Waals surface area contributed by atoms with Crippen LogP contribution in [0.25, 0.3) is 10.9 Å². The highest BCUT2D eigenvalue weighted by Crippen LogP contribution is 2.14. The fraction of sp³-hybridized carbons (Fsp3) is 0.571. The number of hydrogen-bond donors (Lipinski definition) is 1. The van der Waals surface area contributed by atoms with Crippen molar-refractivity contribution in [2.24, 2.45) is 0 Å². The molecule has 1 N–H and O–H groups in total. The van der Waals surface area contributed by atoms with E-state index in [1.165, 1.54) is 57.8 Å². The van der Waals surface area contributed by atoms with Gasteiger partial charge in [0.1, 0.15) is 0 Å². The summed E-state index contributed by atoms with van der Waals surface area (Å²) in [5, 5.41) is 1.13. The monoisotopic (exact) mass is 349 g/mol. The van der Waals surface area contributed by atoms with E-state index < -0.39 is 0 Å². The van der Waals surface area contributed by atoms with Crippen molar-refractivity contribution in [3.05, 3.63) is 46.2 Å². The van der Waals surface area contributed by atoms with Crippen LogP contribution in [0, 0.1) is 0 Å². The van der Waals surface area contributed by atoms with Gasteiger partial charge in [0.15, 0.2) is 0 Å². The molecule has 134 valence electrons. The maximum absolute atomic E-state index is 12.1. The number of aryl methyl sites for hydroxylation is 1. The molecule has 0 saturated carbocycles. The van der Waals surface area contributed by atoms with Crippen LogP contribution in [0.3, 0.4) is 0 Å². The molecule has 1 aromatic heterocycles.